The van der Waals surface area contributed by atoms with Crippen molar-refractivity contribution in [2.45, 2.75) is 269 Å². The standard InChI is InChI=1S/C51H96O9/c1-3-5-7-9-11-13-15-17-18-19-20-21-22-23-24-25-26-27-28-29-30-32-34-36-38-40-47(53)59-45(44-58-51-50(56)49(55)48(54)46(42-52)60-51)43-57-41-39-37-35-33-31-16-14-12-10-8-6-4-2/h15,17,19-20,45-46,48-52,54-56H,3-14,16,18,21-44H2,1-2H3/b17-15-,20-19-. The Morgan fingerprint density at radius 1 is 0.533 bits per heavy atom. The third-order valence-corrected chi connectivity index (χ3v) is 11.9. The Balaban J connectivity index is 2.15. The normalized spacial score (nSPS) is 20.1. The molecule has 9 heteroatoms. The largest absolute Gasteiger partial charge is 0.457 e. The Morgan fingerprint density at radius 3 is 1.43 bits per heavy atom. The molecular formula is C51H96O9. The first kappa shape index (κ1) is 56.7. The molecule has 0 aromatic rings. The highest BCUT2D eigenvalue weighted by molar-refractivity contribution is 5.69. The molecule has 0 saturated carbocycles. The smallest absolute Gasteiger partial charge is 0.306 e. The first-order valence-electron chi connectivity index (χ1n) is 25.4. The van der Waals surface area contributed by atoms with Crippen LogP contribution in [0, 0.1) is 0 Å². The summed E-state index contributed by atoms with van der Waals surface area (Å²) in [4.78, 5) is 12.8. The van der Waals surface area contributed by atoms with E-state index in [0.717, 1.165) is 38.5 Å². The topological polar surface area (TPSA) is 135 Å². The summed E-state index contributed by atoms with van der Waals surface area (Å²) in [6, 6.07) is 0. The van der Waals surface area contributed by atoms with Gasteiger partial charge in [0.25, 0.3) is 0 Å². The number of carbonyl (C=O) groups is 1. The summed E-state index contributed by atoms with van der Waals surface area (Å²) in [5.41, 5.74) is 0. The number of hydrogen-bond donors (Lipinski definition) is 4. The van der Waals surface area contributed by atoms with Gasteiger partial charge in [0.15, 0.2) is 6.29 Å². The molecule has 0 aliphatic carbocycles. The third-order valence-electron chi connectivity index (χ3n) is 11.9. The van der Waals surface area contributed by atoms with E-state index < -0.39 is 43.4 Å². The summed E-state index contributed by atoms with van der Waals surface area (Å²) in [6.07, 6.45) is 43.6. The summed E-state index contributed by atoms with van der Waals surface area (Å²) in [5.74, 6) is -0.311. The fourth-order valence-corrected chi connectivity index (χ4v) is 7.88. The number of aliphatic hydroxyl groups is 4. The molecule has 0 bridgehead atoms. The zero-order chi connectivity index (χ0) is 43.6. The Bertz CT molecular complexity index is 972. The molecule has 1 aliphatic rings. The maximum atomic E-state index is 12.8. The molecule has 1 saturated heterocycles. The fourth-order valence-electron chi connectivity index (χ4n) is 7.88. The van der Waals surface area contributed by atoms with Crippen LogP contribution in [0.3, 0.4) is 0 Å². The van der Waals surface area contributed by atoms with Crippen molar-refractivity contribution in [1.82, 2.24) is 0 Å². The van der Waals surface area contributed by atoms with Gasteiger partial charge in [0, 0.05) is 13.0 Å². The number of aliphatic hydroxyl groups excluding tert-OH is 4. The number of carbonyl (C=O) groups excluding carboxylic acids is 1. The molecule has 60 heavy (non-hydrogen) atoms. The van der Waals surface area contributed by atoms with Gasteiger partial charge in [-0.2, -0.15) is 0 Å². The van der Waals surface area contributed by atoms with Crippen LogP contribution in [-0.2, 0) is 23.7 Å². The van der Waals surface area contributed by atoms with E-state index in [1.165, 1.54) is 173 Å². The second kappa shape index (κ2) is 42.9. The molecule has 4 N–H and O–H groups in total. The van der Waals surface area contributed by atoms with Gasteiger partial charge < -0.3 is 39.4 Å². The van der Waals surface area contributed by atoms with Crippen LogP contribution in [0.25, 0.3) is 0 Å². The van der Waals surface area contributed by atoms with Crippen molar-refractivity contribution in [3.63, 3.8) is 0 Å². The Morgan fingerprint density at radius 2 is 0.967 bits per heavy atom. The van der Waals surface area contributed by atoms with Gasteiger partial charge in [0.2, 0.25) is 0 Å². The quantitative estimate of drug-likeness (QED) is 0.0268. The van der Waals surface area contributed by atoms with E-state index in [0.29, 0.717) is 13.0 Å². The van der Waals surface area contributed by atoms with E-state index >= 15 is 0 Å². The van der Waals surface area contributed by atoms with Gasteiger partial charge in [0.05, 0.1) is 19.8 Å². The summed E-state index contributed by atoms with van der Waals surface area (Å²) in [7, 11) is 0. The molecule has 1 aliphatic heterocycles. The lowest BCUT2D eigenvalue weighted by Gasteiger charge is -2.39. The van der Waals surface area contributed by atoms with Crippen LogP contribution in [-0.4, -0.2) is 89.6 Å². The number of rotatable bonds is 44. The van der Waals surface area contributed by atoms with Crippen LogP contribution in [0.5, 0.6) is 0 Å². The van der Waals surface area contributed by atoms with Crippen molar-refractivity contribution in [1.29, 1.82) is 0 Å². The van der Waals surface area contributed by atoms with Crippen molar-refractivity contribution in [2.75, 3.05) is 26.4 Å². The van der Waals surface area contributed by atoms with Gasteiger partial charge >= 0.3 is 5.97 Å². The minimum absolute atomic E-state index is 0.109. The minimum atomic E-state index is -1.53. The lowest BCUT2D eigenvalue weighted by molar-refractivity contribution is -0.305. The minimum Gasteiger partial charge on any atom is -0.457 e. The molecule has 1 heterocycles. The summed E-state index contributed by atoms with van der Waals surface area (Å²) >= 11 is 0. The summed E-state index contributed by atoms with van der Waals surface area (Å²) in [6.45, 7) is 4.58. The fraction of sp³-hybridized carbons (Fsp3) is 0.902. The molecule has 0 amide bonds. The van der Waals surface area contributed by atoms with Crippen molar-refractivity contribution in [3.05, 3.63) is 24.3 Å². The Labute approximate surface area is 368 Å². The van der Waals surface area contributed by atoms with E-state index in [-0.39, 0.29) is 19.2 Å². The maximum absolute atomic E-state index is 12.8. The average molecular weight is 853 g/mol. The Hall–Kier alpha value is -1.33. The van der Waals surface area contributed by atoms with Crippen molar-refractivity contribution < 1.29 is 44.2 Å². The molecule has 9 nitrogen and oxygen atoms in total. The predicted octanol–water partition coefficient (Wildman–Crippen LogP) is 12.1. The van der Waals surface area contributed by atoms with Crippen LogP contribution in [0.4, 0.5) is 0 Å². The van der Waals surface area contributed by atoms with E-state index in [1.54, 1.807) is 0 Å². The summed E-state index contributed by atoms with van der Waals surface area (Å²) < 4.78 is 22.9. The zero-order valence-corrected chi connectivity index (χ0v) is 39.0. The molecule has 0 spiro atoms. The van der Waals surface area contributed by atoms with Crippen molar-refractivity contribution >= 4 is 5.97 Å². The SMILES string of the molecule is CCCCCCC/C=C\C/C=C\CCCCCCCCCCCCCCCC(=O)OC(COCCCCCCCCCCCCCC)COC1OC(CO)C(O)C(O)C1O. The van der Waals surface area contributed by atoms with Gasteiger partial charge in [-0.15, -0.1) is 0 Å². The molecule has 0 radical (unpaired) electrons. The molecule has 1 fully saturated rings. The number of ether oxygens (including phenoxy) is 4. The number of esters is 1. The van der Waals surface area contributed by atoms with Crippen LogP contribution in [0.1, 0.15) is 232 Å². The molecule has 1 rings (SSSR count). The van der Waals surface area contributed by atoms with E-state index in [2.05, 4.69) is 38.2 Å². The number of unbranched alkanes of at least 4 members (excludes halogenated alkanes) is 29. The van der Waals surface area contributed by atoms with Gasteiger partial charge in [-0.05, 0) is 44.9 Å². The Kier molecular flexibility index (Phi) is 40.6. The molecule has 354 valence electrons. The summed E-state index contributed by atoms with van der Waals surface area (Å²) in [5, 5.41) is 40.2. The number of hydrogen-bond acceptors (Lipinski definition) is 9. The van der Waals surface area contributed by atoms with Crippen LogP contribution in [0.2, 0.25) is 0 Å². The van der Waals surface area contributed by atoms with E-state index in [1.807, 2.05) is 0 Å². The second-order valence-corrected chi connectivity index (χ2v) is 17.6. The molecule has 6 atom stereocenters. The monoisotopic (exact) mass is 853 g/mol. The first-order valence-corrected chi connectivity index (χ1v) is 25.4. The van der Waals surface area contributed by atoms with E-state index in [9.17, 15) is 25.2 Å². The highest BCUT2D eigenvalue weighted by Crippen LogP contribution is 2.23. The van der Waals surface area contributed by atoms with Crippen LogP contribution >= 0.6 is 0 Å². The predicted molar refractivity (Wildman–Crippen MR) is 247 cm³/mol. The zero-order valence-electron chi connectivity index (χ0n) is 39.0. The highest BCUT2D eigenvalue weighted by Gasteiger charge is 2.44. The van der Waals surface area contributed by atoms with Gasteiger partial charge in [-0.3, -0.25) is 4.79 Å². The van der Waals surface area contributed by atoms with Gasteiger partial charge in [-0.25, -0.2) is 0 Å². The molecule has 6 unspecified atom stereocenters. The van der Waals surface area contributed by atoms with Gasteiger partial charge in [-0.1, -0.05) is 205 Å². The molecule has 0 aromatic carbocycles. The highest BCUT2D eigenvalue weighted by atomic mass is 16.7. The first-order chi connectivity index (χ1) is 29.4. The van der Waals surface area contributed by atoms with Crippen LogP contribution < -0.4 is 0 Å². The maximum Gasteiger partial charge on any atom is 0.306 e. The lowest BCUT2D eigenvalue weighted by atomic mass is 9.99. The average Bonchev–Trinajstić information content (AvgIpc) is 3.25. The molecule has 0 aromatic heterocycles. The second-order valence-electron chi connectivity index (χ2n) is 17.6. The van der Waals surface area contributed by atoms with Crippen LogP contribution in [0.15, 0.2) is 24.3 Å². The molecular weight excluding hydrogens is 757 g/mol. The van der Waals surface area contributed by atoms with Crippen molar-refractivity contribution in [3.8, 4) is 0 Å². The van der Waals surface area contributed by atoms with Crippen molar-refractivity contribution in [2.24, 2.45) is 0 Å². The third kappa shape index (κ3) is 33.3. The number of allylic oxidation sites excluding steroid dienone is 4. The van der Waals surface area contributed by atoms with E-state index in [4.69, 9.17) is 18.9 Å². The lowest BCUT2D eigenvalue weighted by Crippen LogP contribution is -2.59. The van der Waals surface area contributed by atoms with Gasteiger partial charge in [0.1, 0.15) is 30.5 Å².